The predicted molar refractivity (Wildman–Crippen MR) is 133 cm³/mol. The maximum atomic E-state index is 12.8. The van der Waals surface area contributed by atoms with Crippen LogP contribution in [0.25, 0.3) is 21.2 Å². The molecule has 0 fully saturated rings. The van der Waals surface area contributed by atoms with E-state index < -0.39 is 12.1 Å². The summed E-state index contributed by atoms with van der Waals surface area (Å²) < 4.78 is 6.84. The quantitative estimate of drug-likeness (QED) is 0.361. The summed E-state index contributed by atoms with van der Waals surface area (Å²) in [5, 5.41) is 6.03. The Morgan fingerprint density at radius 3 is 2.21 bits per heavy atom. The van der Waals surface area contributed by atoms with E-state index in [0.717, 1.165) is 22.1 Å². The maximum Gasteiger partial charge on any atom is 0.407 e. The molecule has 2 atom stereocenters. The minimum Gasteiger partial charge on any atom is -0.449 e. The van der Waals surface area contributed by atoms with Crippen LogP contribution < -0.4 is 5.32 Å². The van der Waals surface area contributed by atoms with Crippen LogP contribution >= 0.6 is 11.3 Å². The molecule has 1 aromatic heterocycles. The van der Waals surface area contributed by atoms with Crippen molar-refractivity contribution in [1.82, 2.24) is 5.32 Å². The van der Waals surface area contributed by atoms with Crippen LogP contribution in [0, 0.1) is 0 Å². The first-order valence-electron chi connectivity index (χ1n) is 11.1. The standard InChI is InChI=1S/C28H25NO3S/c1-17(25-16-33-26-14-8-7-13-23(25)26)27(18(2)30)29-28(31)32-15-24-21-11-5-3-9-19(21)20-10-4-6-12-22(20)24/h3-14,16-17,24,27H,15H2,1-2H3,(H,29,31)/t17-,27+/m0/s1. The van der Waals surface area contributed by atoms with Gasteiger partial charge in [-0.05, 0) is 51.6 Å². The van der Waals surface area contributed by atoms with E-state index in [4.69, 9.17) is 4.74 Å². The lowest BCUT2D eigenvalue weighted by molar-refractivity contribution is -0.119. The maximum absolute atomic E-state index is 12.8. The van der Waals surface area contributed by atoms with Gasteiger partial charge in [0.1, 0.15) is 6.61 Å². The highest BCUT2D eigenvalue weighted by Crippen LogP contribution is 2.44. The molecule has 0 aliphatic heterocycles. The number of Topliss-reactive ketones (excluding diaryl/α,β-unsaturated/α-hetero) is 1. The SMILES string of the molecule is CC(=O)[C@H](NC(=O)OCC1c2ccccc2-c2ccccc21)[C@@H](C)c1csc2ccccc12. The van der Waals surface area contributed by atoms with Gasteiger partial charge < -0.3 is 10.1 Å². The molecule has 3 aromatic carbocycles. The molecule has 0 unspecified atom stereocenters. The molecule has 5 heteroatoms. The van der Waals surface area contributed by atoms with E-state index in [1.54, 1.807) is 11.3 Å². The molecule has 0 radical (unpaired) electrons. The molecule has 33 heavy (non-hydrogen) atoms. The molecular formula is C28H25NO3S. The highest BCUT2D eigenvalue weighted by molar-refractivity contribution is 7.17. The van der Waals surface area contributed by atoms with Crippen molar-refractivity contribution >= 4 is 33.3 Å². The second-order valence-electron chi connectivity index (χ2n) is 8.53. The molecule has 1 amide bonds. The second kappa shape index (κ2) is 8.83. The van der Waals surface area contributed by atoms with Crippen molar-refractivity contribution in [3.05, 3.63) is 94.9 Å². The van der Waals surface area contributed by atoms with E-state index in [0.29, 0.717) is 0 Å². The van der Waals surface area contributed by atoms with Crippen molar-refractivity contribution < 1.29 is 14.3 Å². The first-order chi connectivity index (χ1) is 16.0. The van der Waals surface area contributed by atoms with Crippen LogP contribution in [0.15, 0.2) is 78.2 Å². The van der Waals surface area contributed by atoms with Gasteiger partial charge in [0.25, 0.3) is 0 Å². The number of hydrogen-bond donors (Lipinski definition) is 1. The van der Waals surface area contributed by atoms with Gasteiger partial charge >= 0.3 is 6.09 Å². The van der Waals surface area contributed by atoms with E-state index in [2.05, 4.69) is 47.1 Å². The van der Waals surface area contributed by atoms with E-state index in [1.807, 2.05) is 43.3 Å². The molecular weight excluding hydrogens is 430 g/mol. The second-order valence-corrected chi connectivity index (χ2v) is 9.45. The van der Waals surface area contributed by atoms with Crippen LogP contribution in [0.2, 0.25) is 0 Å². The summed E-state index contributed by atoms with van der Waals surface area (Å²) in [6.45, 7) is 3.71. The van der Waals surface area contributed by atoms with Gasteiger partial charge in [0.15, 0.2) is 5.78 Å². The van der Waals surface area contributed by atoms with Crippen LogP contribution in [-0.4, -0.2) is 24.5 Å². The molecule has 0 bridgehead atoms. The Kier molecular flexibility index (Phi) is 5.73. The molecule has 1 N–H and O–H groups in total. The fraction of sp³-hybridized carbons (Fsp3) is 0.214. The van der Waals surface area contributed by atoms with Crippen molar-refractivity contribution in [2.24, 2.45) is 0 Å². The molecule has 1 heterocycles. The third-order valence-electron chi connectivity index (χ3n) is 6.56. The predicted octanol–water partition coefficient (Wildman–Crippen LogP) is 6.50. The van der Waals surface area contributed by atoms with E-state index in [1.165, 1.54) is 22.8 Å². The van der Waals surface area contributed by atoms with Crippen LogP contribution in [-0.2, 0) is 9.53 Å². The zero-order valence-corrected chi connectivity index (χ0v) is 19.4. The summed E-state index contributed by atoms with van der Waals surface area (Å²) in [4.78, 5) is 25.3. The highest BCUT2D eigenvalue weighted by atomic mass is 32.1. The van der Waals surface area contributed by atoms with Crippen LogP contribution in [0.3, 0.4) is 0 Å². The Labute approximate surface area is 197 Å². The number of amides is 1. The average molecular weight is 456 g/mol. The number of thiophene rings is 1. The Morgan fingerprint density at radius 2 is 1.55 bits per heavy atom. The zero-order chi connectivity index (χ0) is 22.9. The molecule has 0 saturated heterocycles. The van der Waals surface area contributed by atoms with Gasteiger partial charge in [0.2, 0.25) is 0 Å². The van der Waals surface area contributed by atoms with Gasteiger partial charge in [-0.15, -0.1) is 11.3 Å². The Hall–Kier alpha value is -3.44. The number of alkyl carbamates (subject to hydrolysis) is 1. The highest BCUT2D eigenvalue weighted by Gasteiger charge is 2.31. The van der Waals surface area contributed by atoms with E-state index in [-0.39, 0.29) is 24.2 Å². The van der Waals surface area contributed by atoms with Crippen molar-refractivity contribution in [2.45, 2.75) is 31.7 Å². The number of benzene rings is 3. The van der Waals surface area contributed by atoms with Crippen LogP contribution in [0.5, 0.6) is 0 Å². The third kappa shape index (κ3) is 3.93. The zero-order valence-electron chi connectivity index (χ0n) is 18.6. The fourth-order valence-corrected chi connectivity index (χ4v) is 5.94. The third-order valence-corrected chi connectivity index (χ3v) is 7.54. The molecule has 0 saturated carbocycles. The van der Waals surface area contributed by atoms with Crippen molar-refractivity contribution in [3.63, 3.8) is 0 Å². The number of hydrogen-bond acceptors (Lipinski definition) is 4. The molecule has 4 aromatic rings. The molecule has 1 aliphatic rings. The summed E-state index contributed by atoms with van der Waals surface area (Å²) in [5.74, 6) is -0.275. The van der Waals surface area contributed by atoms with Gasteiger partial charge in [0.05, 0.1) is 6.04 Å². The summed E-state index contributed by atoms with van der Waals surface area (Å²) in [7, 11) is 0. The Morgan fingerprint density at radius 1 is 0.939 bits per heavy atom. The van der Waals surface area contributed by atoms with Crippen LogP contribution in [0.1, 0.15) is 42.4 Å². The van der Waals surface area contributed by atoms with Gasteiger partial charge in [-0.2, -0.15) is 0 Å². The van der Waals surface area contributed by atoms with Gasteiger partial charge in [-0.1, -0.05) is 73.7 Å². The lowest BCUT2D eigenvalue weighted by atomic mass is 9.91. The van der Waals surface area contributed by atoms with Crippen molar-refractivity contribution in [2.75, 3.05) is 6.61 Å². The number of carbonyl (C=O) groups is 2. The summed E-state index contributed by atoms with van der Waals surface area (Å²) in [6.07, 6.45) is -0.566. The molecule has 0 spiro atoms. The topological polar surface area (TPSA) is 55.4 Å². The lowest BCUT2D eigenvalue weighted by Gasteiger charge is -2.23. The van der Waals surface area contributed by atoms with Gasteiger partial charge in [-0.3, -0.25) is 4.79 Å². The monoisotopic (exact) mass is 455 g/mol. The molecule has 166 valence electrons. The van der Waals surface area contributed by atoms with Gasteiger partial charge in [-0.25, -0.2) is 4.79 Å². The first kappa shape index (κ1) is 21.4. The molecule has 1 aliphatic carbocycles. The van der Waals surface area contributed by atoms with E-state index in [9.17, 15) is 9.59 Å². The fourth-order valence-electron chi connectivity index (χ4n) is 4.88. The minimum atomic E-state index is -0.654. The lowest BCUT2D eigenvalue weighted by Crippen LogP contribution is -2.43. The number of rotatable bonds is 6. The van der Waals surface area contributed by atoms with Crippen LogP contribution in [0.4, 0.5) is 4.79 Å². The first-order valence-corrected chi connectivity index (χ1v) is 12.0. The number of ketones is 1. The molecule has 5 rings (SSSR count). The number of fused-ring (bicyclic) bond motifs is 4. The van der Waals surface area contributed by atoms with Crippen molar-refractivity contribution in [1.29, 1.82) is 0 Å². The van der Waals surface area contributed by atoms with Gasteiger partial charge in [0, 0.05) is 16.5 Å². The molecule has 4 nitrogen and oxygen atoms in total. The smallest absolute Gasteiger partial charge is 0.407 e. The summed E-state index contributed by atoms with van der Waals surface area (Å²) >= 11 is 1.65. The normalized spacial score (nSPS) is 14.4. The Balaban J connectivity index is 1.31. The van der Waals surface area contributed by atoms with E-state index >= 15 is 0 Å². The summed E-state index contributed by atoms with van der Waals surface area (Å²) in [5.41, 5.74) is 5.75. The average Bonchev–Trinajstić information content (AvgIpc) is 3.40. The Bertz CT molecular complexity index is 1300. The largest absolute Gasteiger partial charge is 0.449 e. The summed E-state index contributed by atoms with van der Waals surface area (Å²) in [6, 6.07) is 23.9. The number of ether oxygens (including phenoxy) is 1. The van der Waals surface area contributed by atoms with Crippen molar-refractivity contribution in [3.8, 4) is 11.1 Å². The number of carbonyl (C=O) groups excluding carboxylic acids is 2. The number of nitrogens with one attached hydrogen (secondary N) is 1. The minimum absolute atomic E-state index is 0.0165.